The van der Waals surface area contributed by atoms with Crippen molar-refractivity contribution < 1.29 is 18.3 Å². The van der Waals surface area contributed by atoms with Crippen molar-refractivity contribution >= 4 is 17.2 Å². The number of nitrogens with one attached hydrogen (secondary N) is 2. The molecule has 0 aromatic heterocycles. The third-order valence-electron chi connectivity index (χ3n) is 5.59. The van der Waals surface area contributed by atoms with Crippen LogP contribution in [0.5, 0.6) is 11.5 Å². The third kappa shape index (κ3) is 3.93. The highest BCUT2D eigenvalue weighted by Gasteiger charge is 2.46. The average Bonchev–Trinajstić information content (AvgIpc) is 3.06. The summed E-state index contributed by atoms with van der Waals surface area (Å²) in [7, 11) is 0. The van der Waals surface area contributed by atoms with E-state index in [0.29, 0.717) is 12.2 Å². The molecule has 30 heavy (non-hydrogen) atoms. The molecule has 5 rings (SSSR count). The summed E-state index contributed by atoms with van der Waals surface area (Å²) >= 11 is 0. The molecular formula is C23H27F2N3O2. The fourth-order valence-electron chi connectivity index (χ4n) is 4.23. The molecule has 1 saturated carbocycles. The van der Waals surface area contributed by atoms with E-state index in [1.807, 2.05) is 44.2 Å². The van der Waals surface area contributed by atoms with Crippen LogP contribution in [0, 0.1) is 0 Å². The van der Waals surface area contributed by atoms with Crippen LogP contribution in [-0.4, -0.2) is 17.7 Å². The number of nitrogens with zero attached hydrogens (tertiary/aromatic N) is 1. The lowest BCUT2D eigenvalue weighted by atomic mass is 9.79. The molecular weight excluding hydrogens is 388 g/mol. The first kappa shape index (κ1) is 20.4. The summed E-state index contributed by atoms with van der Waals surface area (Å²) in [5.74, 6) is 0.933. The second-order valence-electron chi connectivity index (χ2n) is 7.56. The number of halogens is 2. The van der Waals surface area contributed by atoms with Gasteiger partial charge in [0.05, 0.1) is 23.5 Å². The van der Waals surface area contributed by atoms with Crippen molar-refractivity contribution in [3.8, 4) is 11.5 Å². The second-order valence-corrected chi connectivity index (χ2v) is 7.56. The lowest BCUT2D eigenvalue weighted by Crippen LogP contribution is -2.53. The molecule has 0 radical (unpaired) electrons. The van der Waals surface area contributed by atoms with Gasteiger partial charge in [0, 0.05) is 12.1 Å². The molecule has 160 valence electrons. The Hall–Kier alpha value is -2.83. The first-order valence-corrected chi connectivity index (χ1v) is 10.6. The SMILES string of the molecule is CC.FC1(F)Oc2cc3c(cc2O1)NC1(CCCCC1)C(=NCc1ccccc1)N3. The summed E-state index contributed by atoms with van der Waals surface area (Å²) in [6.07, 6.45) is 1.64. The molecule has 1 spiro atoms. The highest BCUT2D eigenvalue weighted by Crippen LogP contribution is 2.48. The van der Waals surface area contributed by atoms with E-state index < -0.39 is 6.29 Å². The van der Waals surface area contributed by atoms with E-state index in [1.165, 1.54) is 6.42 Å². The van der Waals surface area contributed by atoms with Crippen LogP contribution in [0.25, 0.3) is 0 Å². The largest absolute Gasteiger partial charge is 0.586 e. The smallest absolute Gasteiger partial charge is 0.395 e. The lowest BCUT2D eigenvalue weighted by Gasteiger charge is -2.44. The van der Waals surface area contributed by atoms with Crippen LogP contribution in [-0.2, 0) is 6.54 Å². The molecule has 0 amide bonds. The van der Waals surface area contributed by atoms with Gasteiger partial charge in [-0.25, -0.2) is 0 Å². The van der Waals surface area contributed by atoms with Crippen LogP contribution in [0.3, 0.4) is 0 Å². The highest BCUT2D eigenvalue weighted by atomic mass is 19.3. The summed E-state index contributed by atoms with van der Waals surface area (Å²) in [6, 6.07) is 13.2. The molecule has 2 aromatic rings. The minimum atomic E-state index is -3.63. The van der Waals surface area contributed by atoms with Crippen LogP contribution in [0.4, 0.5) is 20.2 Å². The van der Waals surface area contributed by atoms with Crippen LogP contribution in [0.1, 0.15) is 51.5 Å². The molecule has 5 nitrogen and oxygen atoms in total. The van der Waals surface area contributed by atoms with Crippen molar-refractivity contribution in [2.24, 2.45) is 4.99 Å². The van der Waals surface area contributed by atoms with Crippen molar-refractivity contribution in [1.82, 2.24) is 0 Å². The number of ether oxygens (including phenoxy) is 2. The van der Waals surface area contributed by atoms with E-state index in [0.717, 1.165) is 42.8 Å². The van der Waals surface area contributed by atoms with Crippen LogP contribution in [0.2, 0.25) is 0 Å². The molecule has 2 aromatic carbocycles. The molecule has 2 aliphatic heterocycles. The van der Waals surface area contributed by atoms with Crippen molar-refractivity contribution in [3.05, 3.63) is 48.0 Å². The quantitative estimate of drug-likeness (QED) is 0.616. The Balaban J connectivity index is 0.00000106. The fraction of sp³-hybridized carbons (Fsp3) is 0.435. The van der Waals surface area contributed by atoms with Gasteiger partial charge >= 0.3 is 6.29 Å². The minimum absolute atomic E-state index is 0.0278. The molecule has 0 saturated heterocycles. The Labute approximate surface area is 175 Å². The molecule has 1 fully saturated rings. The Morgan fingerprint density at radius 2 is 1.57 bits per heavy atom. The number of aliphatic imine (C=N–C) groups is 1. The Kier molecular flexibility index (Phi) is 5.54. The molecule has 1 aliphatic carbocycles. The summed E-state index contributed by atoms with van der Waals surface area (Å²) in [4.78, 5) is 4.87. The van der Waals surface area contributed by atoms with Gasteiger partial charge in [0.15, 0.2) is 11.5 Å². The average molecular weight is 415 g/mol. The molecule has 2 heterocycles. The fourth-order valence-corrected chi connectivity index (χ4v) is 4.23. The van der Waals surface area contributed by atoms with Crippen molar-refractivity contribution in [1.29, 1.82) is 0 Å². The standard InChI is InChI=1S/C21H21F2N3O2.C2H6/c22-21(23)27-17-11-15-16(12-18(17)28-21)26-20(9-5-2-6-10-20)19(25-15)24-13-14-7-3-1-4-8-14;1-2/h1,3-4,7-8,11-12,26H,2,5-6,9-10,13H2,(H,24,25);1-2H3. The normalized spacial score (nSPS) is 21.1. The maximum Gasteiger partial charge on any atom is 0.586 e. The van der Waals surface area contributed by atoms with Gasteiger partial charge < -0.3 is 20.1 Å². The van der Waals surface area contributed by atoms with Crippen LogP contribution >= 0.6 is 0 Å². The number of amidine groups is 1. The second kappa shape index (κ2) is 8.13. The van der Waals surface area contributed by atoms with Crippen molar-refractivity contribution in [2.75, 3.05) is 10.6 Å². The van der Waals surface area contributed by atoms with Gasteiger partial charge in [-0.1, -0.05) is 63.4 Å². The van der Waals surface area contributed by atoms with Gasteiger partial charge in [-0.3, -0.25) is 4.99 Å². The Morgan fingerprint density at radius 1 is 0.933 bits per heavy atom. The zero-order valence-corrected chi connectivity index (χ0v) is 17.3. The molecule has 7 heteroatoms. The summed E-state index contributed by atoms with van der Waals surface area (Å²) < 4.78 is 36.1. The van der Waals surface area contributed by atoms with Crippen LogP contribution in [0.15, 0.2) is 47.5 Å². The Morgan fingerprint density at radius 3 is 2.23 bits per heavy atom. The monoisotopic (exact) mass is 415 g/mol. The van der Waals surface area contributed by atoms with Gasteiger partial charge in [0.1, 0.15) is 5.84 Å². The van der Waals surface area contributed by atoms with Gasteiger partial charge in [-0.05, 0) is 18.4 Å². The van der Waals surface area contributed by atoms with E-state index in [1.54, 1.807) is 12.1 Å². The summed E-state index contributed by atoms with van der Waals surface area (Å²) in [5, 5.41) is 6.97. The topological polar surface area (TPSA) is 54.9 Å². The van der Waals surface area contributed by atoms with E-state index in [9.17, 15) is 8.78 Å². The number of hydrogen-bond donors (Lipinski definition) is 2. The maximum atomic E-state index is 13.4. The lowest BCUT2D eigenvalue weighted by molar-refractivity contribution is -0.286. The summed E-state index contributed by atoms with van der Waals surface area (Å²) in [5.41, 5.74) is 2.22. The highest BCUT2D eigenvalue weighted by molar-refractivity contribution is 6.10. The number of alkyl halides is 2. The van der Waals surface area contributed by atoms with Gasteiger partial charge in [-0.2, -0.15) is 0 Å². The van der Waals surface area contributed by atoms with Gasteiger partial charge in [0.25, 0.3) is 0 Å². The number of fused-ring (bicyclic) bond motifs is 2. The third-order valence-corrected chi connectivity index (χ3v) is 5.59. The van der Waals surface area contributed by atoms with Gasteiger partial charge in [0.2, 0.25) is 0 Å². The van der Waals surface area contributed by atoms with Crippen molar-refractivity contribution in [2.45, 2.75) is 64.3 Å². The van der Waals surface area contributed by atoms with Crippen molar-refractivity contribution in [3.63, 3.8) is 0 Å². The summed E-state index contributed by atoms with van der Waals surface area (Å²) in [6.45, 7) is 4.56. The number of hydrogen-bond acceptors (Lipinski definition) is 4. The molecule has 3 aliphatic rings. The Bertz CT molecular complexity index is 926. The predicted molar refractivity (Wildman–Crippen MR) is 115 cm³/mol. The zero-order chi connectivity index (χ0) is 21.2. The zero-order valence-electron chi connectivity index (χ0n) is 17.3. The first-order valence-electron chi connectivity index (χ1n) is 10.6. The minimum Gasteiger partial charge on any atom is -0.395 e. The van der Waals surface area contributed by atoms with E-state index in [2.05, 4.69) is 20.1 Å². The number of anilines is 2. The number of rotatable bonds is 2. The predicted octanol–water partition coefficient (Wildman–Crippen LogP) is 6.17. The van der Waals surface area contributed by atoms with Crippen LogP contribution < -0.4 is 20.1 Å². The van der Waals surface area contributed by atoms with E-state index in [4.69, 9.17) is 4.99 Å². The first-order chi connectivity index (χ1) is 14.5. The molecule has 0 atom stereocenters. The van der Waals surface area contributed by atoms with E-state index in [-0.39, 0.29) is 17.0 Å². The molecule has 0 bridgehead atoms. The molecule has 2 N–H and O–H groups in total. The maximum absolute atomic E-state index is 13.4. The van der Waals surface area contributed by atoms with Gasteiger partial charge in [-0.15, -0.1) is 8.78 Å². The van der Waals surface area contributed by atoms with E-state index >= 15 is 0 Å². The number of benzene rings is 2. The molecule has 0 unspecified atom stereocenters.